The van der Waals surface area contributed by atoms with Crippen LogP contribution in [-0.2, 0) is 4.79 Å². The number of aliphatic carboxylic acids is 1. The molecule has 2 heterocycles. The van der Waals surface area contributed by atoms with E-state index in [1.807, 2.05) is 16.3 Å². The second-order valence-corrected chi connectivity index (χ2v) is 6.74. The number of hydrogen-bond acceptors (Lipinski definition) is 3. The lowest BCUT2D eigenvalue weighted by atomic mass is 9.74. The molecule has 0 radical (unpaired) electrons. The Bertz CT molecular complexity index is 485. The highest BCUT2D eigenvalue weighted by atomic mass is 32.1. The molecule has 5 nitrogen and oxygen atoms in total. The van der Waals surface area contributed by atoms with E-state index < -0.39 is 5.97 Å². The molecule has 1 fully saturated rings. The van der Waals surface area contributed by atoms with Gasteiger partial charge in [-0.3, -0.25) is 4.79 Å². The summed E-state index contributed by atoms with van der Waals surface area (Å²) in [7, 11) is 0. The number of rotatable bonds is 5. The fourth-order valence-electron chi connectivity index (χ4n) is 2.64. The minimum absolute atomic E-state index is 0.0835. The van der Waals surface area contributed by atoms with E-state index in [1.165, 1.54) is 4.88 Å². The van der Waals surface area contributed by atoms with E-state index >= 15 is 0 Å². The van der Waals surface area contributed by atoms with Gasteiger partial charge >= 0.3 is 12.0 Å². The van der Waals surface area contributed by atoms with Crippen molar-refractivity contribution >= 4 is 23.3 Å². The van der Waals surface area contributed by atoms with Gasteiger partial charge in [-0.15, -0.1) is 11.3 Å². The Hall–Kier alpha value is -1.56. The van der Waals surface area contributed by atoms with Crippen molar-refractivity contribution in [3.8, 4) is 0 Å². The molecule has 2 rings (SSSR count). The first-order valence-electron chi connectivity index (χ1n) is 6.71. The fourth-order valence-corrected chi connectivity index (χ4v) is 3.68. The van der Waals surface area contributed by atoms with Gasteiger partial charge < -0.3 is 15.3 Å². The molecule has 1 unspecified atom stereocenters. The summed E-state index contributed by atoms with van der Waals surface area (Å²) < 4.78 is 0. The quantitative estimate of drug-likeness (QED) is 0.821. The molecule has 2 amide bonds. The second kappa shape index (κ2) is 5.83. The molecular formula is C14H20N2O3S. The molecule has 0 aromatic carbocycles. The van der Waals surface area contributed by atoms with Crippen molar-refractivity contribution in [1.29, 1.82) is 0 Å². The monoisotopic (exact) mass is 296 g/mol. The van der Waals surface area contributed by atoms with Crippen molar-refractivity contribution < 1.29 is 14.7 Å². The minimum atomic E-state index is -0.833. The van der Waals surface area contributed by atoms with Crippen LogP contribution in [0.1, 0.15) is 37.6 Å². The van der Waals surface area contributed by atoms with Crippen molar-refractivity contribution in [2.45, 2.75) is 32.7 Å². The van der Waals surface area contributed by atoms with Crippen LogP contribution in [-0.4, -0.2) is 35.1 Å². The maximum atomic E-state index is 12.1. The number of hydrogen-bond donors (Lipinski definition) is 2. The van der Waals surface area contributed by atoms with Gasteiger partial charge in [-0.1, -0.05) is 19.9 Å². The average Bonchev–Trinajstić information content (AvgIpc) is 2.84. The van der Waals surface area contributed by atoms with E-state index in [4.69, 9.17) is 5.11 Å². The molecule has 20 heavy (non-hydrogen) atoms. The number of nitrogens with zero attached hydrogens (tertiary/aromatic N) is 1. The lowest BCUT2D eigenvalue weighted by molar-refractivity contribution is -0.137. The highest BCUT2D eigenvalue weighted by molar-refractivity contribution is 7.10. The predicted octanol–water partition coefficient (Wildman–Crippen LogP) is 2.71. The molecule has 1 aromatic heterocycles. The summed E-state index contributed by atoms with van der Waals surface area (Å²) in [6.45, 7) is 5.44. The van der Waals surface area contributed by atoms with Crippen molar-refractivity contribution in [2.24, 2.45) is 5.41 Å². The number of nitrogens with one attached hydrogen (secondary N) is 1. The van der Waals surface area contributed by atoms with Crippen molar-refractivity contribution in [2.75, 3.05) is 13.1 Å². The molecule has 110 valence electrons. The summed E-state index contributed by atoms with van der Waals surface area (Å²) in [5.74, 6) is -0.833. The van der Waals surface area contributed by atoms with Gasteiger partial charge in [0.05, 0.1) is 6.04 Å². The highest BCUT2D eigenvalue weighted by Crippen LogP contribution is 2.49. The number of urea groups is 1. The van der Waals surface area contributed by atoms with Gasteiger partial charge in [0, 0.05) is 29.8 Å². The van der Waals surface area contributed by atoms with Crippen LogP contribution < -0.4 is 5.32 Å². The first-order chi connectivity index (χ1) is 9.42. The van der Waals surface area contributed by atoms with Crippen LogP contribution in [0.15, 0.2) is 17.5 Å². The Labute approximate surface area is 122 Å². The largest absolute Gasteiger partial charge is 0.481 e. The first-order valence-corrected chi connectivity index (χ1v) is 7.59. The summed E-state index contributed by atoms with van der Waals surface area (Å²) in [4.78, 5) is 25.6. The summed E-state index contributed by atoms with van der Waals surface area (Å²) in [6, 6.07) is 4.06. The molecule has 1 aliphatic heterocycles. The normalized spacial score (nSPS) is 20.3. The number of amides is 2. The van der Waals surface area contributed by atoms with Crippen LogP contribution in [0.2, 0.25) is 0 Å². The third-order valence-corrected chi connectivity index (χ3v) is 4.47. The zero-order valence-electron chi connectivity index (χ0n) is 11.8. The molecule has 0 bridgehead atoms. The Morgan fingerprint density at radius 2 is 2.30 bits per heavy atom. The van der Waals surface area contributed by atoms with E-state index in [0.29, 0.717) is 13.0 Å². The Morgan fingerprint density at radius 3 is 2.85 bits per heavy atom. The van der Waals surface area contributed by atoms with E-state index in [1.54, 1.807) is 11.3 Å². The summed E-state index contributed by atoms with van der Waals surface area (Å²) >= 11 is 1.66. The molecule has 1 saturated heterocycles. The fraction of sp³-hybridized carbons (Fsp3) is 0.571. The van der Waals surface area contributed by atoms with Gasteiger partial charge in [-0.2, -0.15) is 0 Å². The molecule has 1 aromatic rings. The van der Waals surface area contributed by atoms with Crippen molar-refractivity contribution in [1.82, 2.24) is 10.2 Å². The minimum Gasteiger partial charge on any atom is -0.481 e. The molecule has 6 heteroatoms. The molecule has 1 aliphatic rings. The van der Waals surface area contributed by atoms with Crippen LogP contribution >= 0.6 is 11.3 Å². The molecule has 1 atom stereocenters. The van der Waals surface area contributed by atoms with Crippen LogP contribution in [0.3, 0.4) is 0 Å². The zero-order valence-corrected chi connectivity index (χ0v) is 12.6. The van der Waals surface area contributed by atoms with E-state index in [-0.39, 0.29) is 23.9 Å². The van der Waals surface area contributed by atoms with Gasteiger partial charge in [0.15, 0.2) is 0 Å². The maximum Gasteiger partial charge on any atom is 0.317 e. The first kappa shape index (κ1) is 14.8. The topological polar surface area (TPSA) is 69.6 Å². The number of carbonyl (C=O) groups is 2. The number of thiophene rings is 1. The van der Waals surface area contributed by atoms with Gasteiger partial charge in [0.25, 0.3) is 0 Å². The number of carboxylic acid groups (broad SMARTS) is 1. The summed E-state index contributed by atoms with van der Waals surface area (Å²) in [5.41, 5.74) is 0.0866. The molecule has 0 aliphatic carbocycles. The standard InChI is InChI=1S/C14H20N2O3S/c1-14(2)9-16(12(14)10-5-4-8-20-10)13(19)15-7-3-6-11(17)18/h4-5,8,12H,3,6-7,9H2,1-2H3,(H,15,19)(H,17,18). The van der Waals surface area contributed by atoms with Crippen LogP contribution in [0, 0.1) is 5.41 Å². The second-order valence-electron chi connectivity index (χ2n) is 5.76. The van der Waals surface area contributed by atoms with E-state index in [0.717, 1.165) is 6.54 Å². The van der Waals surface area contributed by atoms with E-state index in [9.17, 15) is 9.59 Å². The third kappa shape index (κ3) is 3.12. The van der Waals surface area contributed by atoms with Crippen LogP contribution in [0.4, 0.5) is 4.79 Å². The summed E-state index contributed by atoms with van der Waals surface area (Å²) in [6.07, 6.45) is 0.544. The maximum absolute atomic E-state index is 12.1. The van der Waals surface area contributed by atoms with Gasteiger partial charge in [-0.05, 0) is 17.9 Å². The lowest BCUT2D eigenvalue weighted by Gasteiger charge is -2.53. The molecular weight excluding hydrogens is 276 g/mol. The van der Waals surface area contributed by atoms with Crippen molar-refractivity contribution in [3.05, 3.63) is 22.4 Å². The molecule has 2 N–H and O–H groups in total. The zero-order chi connectivity index (χ0) is 14.8. The van der Waals surface area contributed by atoms with Crippen LogP contribution in [0.25, 0.3) is 0 Å². The van der Waals surface area contributed by atoms with Crippen molar-refractivity contribution in [3.63, 3.8) is 0 Å². The Balaban J connectivity index is 1.89. The van der Waals surface area contributed by atoms with Gasteiger partial charge in [0.1, 0.15) is 0 Å². The third-order valence-electron chi connectivity index (χ3n) is 3.55. The predicted molar refractivity (Wildman–Crippen MR) is 77.8 cm³/mol. The number of carbonyl (C=O) groups excluding carboxylic acids is 1. The Kier molecular flexibility index (Phi) is 4.32. The molecule has 0 spiro atoms. The van der Waals surface area contributed by atoms with Gasteiger partial charge in [-0.25, -0.2) is 4.79 Å². The van der Waals surface area contributed by atoms with Crippen LogP contribution in [0.5, 0.6) is 0 Å². The lowest BCUT2D eigenvalue weighted by Crippen LogP contribution is -2.60. The number of likely N-dealkylation sites (tertiary alicyclic amines) is 1. The highest BCUT2D eigenvalue weighted by Gasteiger charge is 2.49. The van der Waals surface area contributed by atoms with E-state index in [2.05, 4.69) is 25.2 Å². The number of carboxylic acids is 1. The Morgan fingerprint density at radius 1 is 1.55 bits per heavy atom. The smallest absolute Gasteiger partial charge is 0.317 e. The summed E-state index contributed by atoms with van der Waals surface area (Å²) in [5, 5.41) is 13.4. The SMILES string of the molecule is CC1(C)CN(C(=O)NCCCC(=O)O)C1c1cccs1. The van der Waals surface area contributed by atoms with Gasteiger partial charge in [0.2, 0.25) is 0 Å². The average molecular weight is 296 g/mol. The molecule has 0 saturated carbocycles.